The molecule has 1 rings (SSSR count). The van der Waals surface area contributed by atoms with E-state index in [1.54, 1.807) is 19.2 Å². The molecule has 2 N–H and O–H groups in total. The van der Waals surface area contributed by atoms with Crippen molar-refractivity contribution in [1.82, 2.24) is 5.32 Å². The Kier molecular flexibility index (Phi) is 4.43. The normalized spacial score (nSPS) is 12.5. The summed E-state index contributed by atoms with van der Waals surface area (Å²) in [6, 6.07) is 5.72. The number of hydrogen-bond acceptors (Lipinski definition) is 3. The van der Waals surface area contributed by atoms with Crippen LogP contribution in [0.4, 0.5) is 0 Å². The fourth-order valence-electron chi connectivity index (χ4n) is 1.26. The van der Waals surface area contributed by atoms with Crippen LogP contribution in [0.5, 0.6) is 11.5 Å². The number of nitrogens with one attached hydrogen (secondary N) is 1. The first-order valence-corrected chi connectivity index (χ1v) is 5.26. The van der Waals surface area contributed by atoms with Crippen LogP contribution in [0.2, 0.25) is 0 Å². The summed E-state index contributed by atoms with van der Waals surface area (Å²) in [5, 5.41) is 12.9. The third-order valence-corrected chi connectivity index (χ3v) is 2.54. The first-order chi connectivity index (χ1) is 7.17. The minimum absolute atomic E-state index is 0.312. The van der Waals surface area contributed by atoms with E-state index in [1.807, 2.05) is 6.07 Å². The number of ether oxygens (including phenoxy) is 1. The van der Waals surface area contributed by atoms with E-state index in [0.717, 1.165) is 17.7 Å². The zero-order valence-electron chi connectivity index (χ0n) is 9.58. The summed E-state index contributed by atoms with van der Waals surface area (Å²) in [4.78, 5) is 0. The number of aromatic hydroxyl groups is 1. The second-order valence-electron chi connectivity index (χ2n) is 3.68. The standard InChI is InChI=1S/C12H19NO2/c1-4-9(2)13-8-10-7-11(15-3)5-6-12(10)14/h5-7,9,13-14H,4,8H2,1-3H3. The third-order valence-electron chi connectivity index (χ3n) is 2.54. The van der Waals surface area contributed by atoms with Crippen molar-refractivity contribution < 1.29 is 9.84 Å². The van der Waals surface area contributed by atoms with Crippen LogP contribution in [0.3, 0.4) is 0 Å². The van der Waals surface area contributed by atoms with Crippen molar-refractivity contribution >= 4 is 0 Å². The van der Waals surface area contributed by atoms with Gasteiger partial charge in [-0.3, -0.25) is 0 Å². The van der Waals surface area contributed by atoms with Gasteiger partial charge >= 0.3 is 0 Å². The summed E-state index contributed by atoms with van der Waals surface area (Å²) in [5.41, 5.74) is 0.870. The number of benzene rings is 1. The molecule has 1 atom stereocenters. The molecule has 1 aromatic rings. The second-order valence-corrected chi connectivity index (χ2v) is 3.68. The number of hydrogen-bond donors (Lipinski definition) is 2. The van der Waals surface area contributed by atoms with Gasteiger partial charge < -0.3 is 15.2 Å². The van der Waals surface area contributed by atoms with Gasteiger partial charge in [0.2, 0.25) is 0 Å². The number of phenolic OH excluding ortho intramolecular Hbond substituents is 1. The van der Waals surface area contributed by atoms with E-state index in [-0.39, 0.29) is 0 Å². The molecule has 0 aliphatic heterocycles. The summed E-state index contributed by atoms with van der Waals surface area (Å²) < 4.78 is 5.10. The lowest BCUT2D eigenvalue weighted by atomic mass is 10.1. The van der Waals surface area contributed by atoms with E-state index in [0.29, 0.717) is 18.3 Å². The molecule has 0 bridgehead atoms. The van der Waals surface area contributed by atoms with Crippen molar-refractivity contribution in [1.29, 1.82) is 0 Å². The maximum absolute atomic E-state index is 9.62. The maximum atomic E-state index is 9.62. The van der Waals surface area contributed by atoms with Gasteiger partial charge in [-0.1, -0.05) is 6.92 Å². The van der Waals surface area contributed by atoms with Crippen molar-refractivity contribution in [2.24, 2.45) is 0 Å². The Hall–Kier alpha value is -1.22. The predicted octanol–water partition coefficient (Wildman–Crippen LogP) is 2.29. The predicted molar refractivity (Wildman–Crippen MR) is 61.3 cm³/mol. The van der Waals surface area contributed by atoms with E-state index < -0.39 is 0 Å². The van der Waals surface area contributed by atoms with Gasteiger partial charge in [0, 0.05) is 18.2 Å². The molecule has 0 fully saturated rings. The van der Waals surface area contributed by atoms with Crippen LogP contribution < -0.4 is 10.1 Å². The Labute approximate surface area is 91.1 Å². The lowest BCUT2D eigenvalue weighted by Crippen LogP contribution is -2.24. The van der Waals surface area contributed by atoms with E-state index in [4.69, 9.17) is 4.74 Å². The lowest BCUT2D eigenvalue weighted by molar-refractivity contribution is 0.409. The summed E-state index contributed by atoms with van der Waals surface area (Å²) in [6.45, 7) is 4.92. The van der Waals surface area contributed by atoms with Crippen LogP contribution in [0.1, 0.15) is 25.8 Å². The molecule has 1 unspecified atom stereocenters. The molecule has 84 valence electrons. The molecule has 0 aromatic heterocycles. The third kappa shape index (κ3) is 3.44. The van der Waals surface area contributed by atoms with Gasteiger partial charge in [0.25, 0.3) is 0 Å². The topological polar surface area (TPSA) is 41.5 Å². The Morgan fingerprint density at radius 3 is 2.80 bits per heavy atom. The van der Waals surface area contributed by atoms with Gasteiger partial charge in [0.05, 0.1) is 7.11 Å². The highest BCUT2D eigenvalue weighted by Gasteiger charge is 2.04. The molecule has 15 heavy (non-hydrogen) atoms. The van der Waals surface area contributed by atoms with E-state index in [2.05, 4.69) is 19.2 Å². The second kappa shape index (κ2) is 5.61. The van der Waals surface area contributed by atoms with Crippen molar-refractivity contribution in [3.8, 4) is 11.5 Å². The first-order valence-electron chi connectivity index (χ1n) is 5.26. The van der Waals surface area contributed by atoms with Gasteiger partial charge in [-0.05, 0) is 31.5 Å². The van der Waals surface area contributed by atoms with Crippen LogP contribution >= 0.6 is 0 Å². The highest BCUT2D eigenvalue weighted by Crippen LogP contribution is 2.22. The Morgan fingerprint density at radius 2 is 2.20 bits per heavy atom. The minimum atomic E-state index is 0.312. The van der Waals surface area contributed by atoms with Crippen LogP contribution in [0.15, 0.2) is 18.2 Å². The van der Waals surface area contributed by atoms with E-state index in [9.17, 15) is 5.11 Å². The lowest BCUT2D eigenvalue weighted by Gasteiger charge is -2.12. The highest BCUT2D eigenvalue weighted by molar-refractivity contribution is 5.39. The first kappa shape index (κ1) is 11.9. The van der Waals surface area contributed by atoms with Crippen LogP contribution in [0.25, 0.3) is 0 Å². The number of methoxy groups -OCH3 is 1. The molecule has 0 saturated carbocycles. The average Bonchev–Trinajstić information content (AvgIpc) is 2.27. The molecule has 0 radical (unpaired) electrons. The molecular weight excluding hydrogens is 190 g/mol. The zero-order chi connectivity index (χ0) is 11.3. The molecule has 0 amide bonds. The monoisotopic (exact) mass is 209 g/mol. The van der Waals surface area contributed by atoms with Gasteiger partial charge in [-0.2, -0.15) is 0 Å². The van der Waals surface area contributed by atoms with Gasteiger partial charge in [-0.25, -0.2) is 0 Å². The minimum Gasteiger partial charge on any atom is -0.508 e. The fourth-order valence-corrected chi connectivity index (χ4v) is 1.26. The molecule has 1 aromatic carbocycles. The van der Waals surface area contributed by atoms with Crippen molar-refractivity contribution in [2.75, 3.05) is 7.11 Å². The maximum Gasteiger partial charge on any atom is 0.120 e. The summed E-state index contributed by atoms with van der Waals surface area (Å²) in [6.07, 6.45) is 1.07. The molecular formula is C12H19NO2. The quantitative estimate of drug-likeness (QED) is 0.781. The molecule has 0 heterocycles. The van der Waals surface area contributed by atoms with E-state index in [1.165, 1.54) is 0 Å². The van der Waals surface area contributed by atoms with Crippen LogP contribution in [0, 0.1) is 0 Å². The number of rotatable bonds is 5. The van der Waals surface area contributed by atoms with Crippen molar-refractivity contribution in [3.05, 3.63) is 23.8 Å². The molecule has 0 aliphatic carbocycles. The smallest absolute Gasteiger partial charge is 0.120 e. The van der Waals surface area contributed by atoms with Gasteiger partial charge in [-0.15, -0.1) is 0 Å². The highest BCUT2D eigenvalue weighted by atomic mass is 16.5. The van der Waals surface area contributed by atoms with Crippen LogP contribution in [-0.4, -0.2) is 18.3 Å². The summed E-state index contributed by atoms with van der Waals surface area (Å²) in [7, 11) is 1.62. The molecule has 0 saturated heterocycles. The Morgan fingerprint density at radius 1 is 1.47 bits per heavy atom. The molecule has 3 nitrogen and oxygen atoms in total. The Bertz CT molecular complexity index is 312. The van der Waals surface area contributed by atoms with Gasteiger partial charge in [0.15, 0.2) is 0 Å². The van der Waals surface area contributed by atoms with Crippen molar-refractivity contribution in [3.63, 3.8) is 0 Å². The van der Waals surface area contributed by atoms with Crippen molar-refractivity contribution in [2.45, 2.75) is 32.9 Å². The molecule has 0 aliphatic rings. The number of phenols is 1. The zero-order valence-corrected chi connectivity index (χ0v) is 9.58. The van der Waals surface area contributed by atoms with Gasteiger partial charge in [0.1, 0.15) is 11.5 Å². The average molecular weight is 209 g/mol. The SMILES string of the molecule is CCC(C)NCc1cc(OC)ccc1O. The summed E-state index contributed by atoms with van der Waals surface area (Å²) >= 11 is 0. The fraction of sp³-hybridized carbons (Fsp3) is 0.500. The Balaban J connectivity index is 2.66. The van der Waals surface area contributed by atoms with Crippen LogP contribution in [-0.2, 0) is 6.54 Å². The van der Waals surface area contributed by atoms with E-state index >= 15 is 0 Å². The molecule has 0 spiro atoms. The summed E-state index contributed by atoms with van der Waals surface area (Å²) in [5.74, 6) is 1.08. The largest absolute Gasteiger partial charge is 0.508 e. The molecule has 3 heteroatoms.